The highest BCUT2D eigenvalue weighted by Gasteiger charge is 2.30. The smallest absolute Gasteiger partial charge is 0.266 e. The minimum atomic E-state index is -0.503. The lowest BCUT2D eigenvalue weighted by molar-refractivity contribution is 0.103. The largest absolute Gasteiger partial charge is 0.299 e. The minimum absolute atomic E-state index is 0.0527. The van der Waals surface area contributed by atoms with Crippen LogP contribution in [0.1, 0.15) is 41.0 Å². The van der Waals surface area contributed by atoms with Gasteiger partial charge < -0.3 is 0 Å². The van der Waals surface area contributed by atoms with Crippen molar-refractivity contribution >= 4 is 16.7 Å². The fourth-order valence-corrected chi connectivity index (χ4v) is 4.09. The third kappa shape index (κ3) is 2.59. The Morgan fingerprint density at radius 2 is 1.81 bits per heavy atom. The minimum Gasteiger partial charge on any atom is -0.299 e. The zero-order chi connectivity index (χ0) is 18.5. The molecule has 1 aromatic heterocycles. The molecule has 2 aliphatic heterocycles. The molecular formula is C21H18FN3O2. The molecule has 2 aromatic carbocycles. The molecule has 27 heavy (non-hydrogen) atoms. The van der Waals surface area contributed by atoms with E-state index >= 15 is 0 Å². The van der Waals surface area contributed by atoms with Gasteiger partial charge in [-0.05, 0) is 61.8 Å². The third-order valence-electron chi connectivity index (χ3n) is 5.43. The van der Waals surface area contributed by atoms with E-state index in [1.165, 1.54) is 36.0 Å². The summed E-state index contributed by atoms with van der Waals surface area (Å²) in [5, 5.41) is 0.484. The summed E-state index contributed by atoms with van der Waals surface area (Å²) in [6.45, 7) is 2.96. The number of benzene rings is 2. The molecule has 136 valence electrons. The van der Waals surface area contributed by atoms with Crippen molar-refractivity contribution < 1.29 is 9.18 Å². The Labute approximate surface area is 155 Å². The molecule has 0 unspecified atom stereocenters. The van der Waals surface area contributed by atoms with Gasteiger partial charge in [0.25, 0.3) is 5.56 Å². The number of aromatic nitrogens is 2. The quantitative estimate of drug-likeness (QED) is 0.549. The zero-order valence-corrected chi connectivity index (χ0v) is 14.7. The number of carbonyl (C=O) groups excluding carboxylic acids is 1. The van der Waals surface area contributed by atoms with Crippen molar-refractivity contribution in [3.63, 3.8) is 0 Å². The van der Waals surface area contributed by atoms with Crippen molar-refractivity contribution in [3.8, 4) is 5.69 Å². The summed E-state index contributed by atoms with van der Waals surface area (Å²) in [6, 6.07) is 9.52. The molecule has 0 saturated carbocycles. The van der Waals surface area contributed by atoms with E-state index in [2.05, 4.69) is 9.88 Å². The maximum Gasteiger partial charge on any atom is 0.266 e. The zero-order valence-electron chi connectivity index (χ0n) is 14.7. The molecule has 0 amide bonds. The molecule has 5 rings (SSSR count). The van der Waals surface area contributed by atoms with Gasteiger partial charge in [-0.3, -0.25) is 19.1 Å². The highest BCUT2D eigenvalue weighted by Crippen LogP contribution is 2.27. The molecule has 0 bridgehead atoms. The topological polar surface area (TPSA) is 55.2 Å². The van der Waals surface area contributed by atoms with Crippen molar-refractivity contribution in [2.75, 3.05) is 13.1 Å². The van der Waals surface area contributed by atoms with Gasteiger partial charge in [-0.2, -0.15) is 0 Å². The number of hydrogen-bond donors (Lipinski definition) is 0. The van der Waals surface area contributed by atoms with E-state index in [-0.39, 0.29) is 16.9 Å². The first-order valence-electron chi connectivity index (χ1n) is 9.24. The lowest BCUT2D eigenvalue weighted by Crippen LogP contribution is -2.29. The van der Waals surface area contributed by atoms with E-state index in [4.69, 9.17) is 0 Å². The van der Waals surface area contributed by atoms with Gasteiger partial charge in [-0.15, -0.1) is 0 Å². The van der Waals surface area contributed by atoms with Gasteiger partial charge in [0.05, 0.1) is 22.2 Å². The summed E-state index contributed by atoms with van der Waals surface area (Å²) in [4.78, 5) is 32.5. The molecule has 3 heterocycles. The number of likely N-dealkylation sites (tertiary alicyclic amines) is 1. The Kier molecular flexibility index (Phi) is 3.68. The molecule has 0 atom stereocenters. The van der Waals surface area contributed by atoms with Crippen LogP contribution in [0.25, 0.3) is 16.6 Å². The molecule has 0 radical (unpaired) electrons. The van der Waals surface area contributed by atoms with Gasteiger partial charge >= 0.3 is 0 Å². The van der Waals surface area contributed by atoms with Crippen LogP contribution in [-0.2, 0) is 6.54 Å². The van der Waals surface area contributed by atoms with E-state index in [0.717, 1.165) is 31.3 Å². The third-order valence-corrected chi connectivity index (χ3v) is 5.43. The predicted octanol–water partition coefficient (Wildman–Crippen LogP) is 3.06. The summed E-state index contributed by atoms with van der Waals surface area (Å²) < 4.78 is 14.9. The number of carbonyl (C=O) groups is 1. The molecule has 3 aromatic rings. The van der Waals surface area contributed by atoms with Crippen LogP contribution < -0.4 is 5.56 Å². The van der Waals surface area contributed by atoms with Gasteiger partial charge in [0.2, 0.25) is 5.78 Å². The molecule has 1 saturated heterocycles. The second kappa shape index (κ2) is 6.09. The number of hydrogen-bond acceptors (Lipinski definition) is 4. The Morgan fingerprint density at radius 3 is 2.63 bits per heavy atom. The van der Waals surface area contributed by atoms with Crippen LogP contribution in [0.15, 0.2) is 41.2 Å². The van der Waals surface area contributed by atoms with E-state index in [1.807, 2.05) is 12.1 Å². The van der Waals surface area contributed by atoms with E-state index < -0.39 is 11.6 Å². The maximum atomic E-state index is 13.5. The second-order valence-electron chi connectivity index (χ2n) is 7.25. The Morgan fingerprint density at radius 1 is 1.00 bits per heavy atom. The number of nitrogens with zero attached hydrogens (tertiary/aromatic N) is 3. The van der Waals surface area contributed by atoms with Gasteiger partial charge in [-0.1, -0.05) is 12.5 Å². The van der Waals surface area contributed by atoms with Crippen LogP contribution in [0.5, 0.6) is 0 Å². The predicted molar refractivity (Wildman–Crippen MR) is 99.9 cm³/mol. The molecular weight excluding hydrogens is 345 g/mol. The first kappa shape index (κ1) is 16.3. The molecule has 6 heteroatoms. The molecule has 5 nitrogen and oxygen atoms in total. The van der Waals surface area contributed by atoms with Crippen LogP contribution in [-0.4, -0.2) is 33.3 Å². The van der Waals surface area contributed by atoms with Crippen LogP contribution in [0.2, 0.25) is 0 Å². The lowest BCUT2D eigenvalue weighted by atomic mass is 10.1. The van der Waals surface area contributed by atoms with Gasteiger partial charge in [-0.25, -0.2) is 9.37 Å². The summed E-state index contributed by atoms with van der Waals surface area (Å²) in [5.74, 6) is -0.867. The monoisotopic (exact) mass is 363 g/mol. The molecule has 0 N–H and O–H groups in total. The maximum absolute atomic E-state index is 13.5. The van der Waals surface area contributed by atoms with Gasteiger partial charge in [0, 0.05) is 6.54 Å². The second-order valence-corrected chi connectivity index (χ2v) is 7.25. The highest BCUT2D eigenvalue weighted by atomic mass is 19.1. The van der Waals surface area contributed by atoms with E-state index in [9.17, 15) is 14.0 Å². The van der Waals surface area contributed by atoms with Crippen molar-refractivity contribution in [2.24, 2.45) is 0 Å². The fraction of sp³-hybridized carbons (Fsp3) is 0.286. The first-order valence-corrected chi connectivity index (χ1v) is 9.24. The number of fused-ring (bicyclic) bond motifs is 4. The first-order chi connectivity index (χ1) is 13.1. The number of halogens is 1. The Hall–Kier alpha value is -2.86. The standard InChI is InChI=1S/C21H18FN3O2/c22-14-5-7-18-16(11-14)19(26)20-23-17-6-4-13(10-15(17)21(27)25(18)20)12-24-8-2-1-3-9-24/h4-7,10-11H,1-3,8-9,12H2. The van der Waals surface area contributed by atoms with Gasteiger partial charge in [0.1, 0.15) is 5.82 Å². The molecule has 0 aliphatic carbocycles. The van der Waals surface area contributed by atoms with Crippen molar-refractivity contribution in [2.45, 2.75) is 25.8 Å². The van der Waals surface area contributed by atoms with Crippen LogP contribution in [0, 0.1) is 5.82 Å². The van der Waals surface area contributed by atoms with Crippen LogP contribution in [0.3, 0.4) is 0 Å². The Bertz CT molecular complexity index is 1150. The fourth-order valence-electron chi connectivity index (χ4n) is 4.09. The normalized spacial score (nSPS) is 16.6. The van der Waals surface area contributed by atoms with Crippen molar-refractivity contribution in [3.05, 3.63) is 69.5 Å². The van der Waals surface area contributed by atoms with E-state index in [0.29, 0.717) is 16.6 Å². The summed E-state index contributed by atoms with van der Waals surface area (Å²) in [6.07, 6.45) is 3.70. The molecule has 2 aliphatic rings. The molecule has 0 spiro atoms. The van der Waals surface area contributed by atoms with Crippen molar-refractivity contribution in [1.82, 2.24) is 14.5 Å². The summed E-state index contributed by atoms with van der Waals surface area (Å²) in [5.41, 5.74) is 1.86. The van der Waals surface area contributed by atoms with Crippen LogP contribution >= 0.6 is 0 Å². The van der Waals surface area contributed by atoms with Gasteiger partial charge in [0.15, 0.2) is 5.82 Å². The molecule has 1 fully saturated rings. The van der Waals surface area contributed by atoms with Crippen LogP contribution in [0.4, 0.5) is 4.39 Å². The SMILES string of the molecule is O=C1c2cc(F)ccc2-n2c1nc1ccc(CN3CCCCC3)cc1c2=O. The number of rotatable bonds is 2. The summed E-state index contributed by atoms with van der Waals surface area (Å²) in [7, 11) is 0. The van der Waals surface area contributed by atoms with E-state index in [1.54, 1.807) is 6.07 Å². The summed E-state index contributed by atoms with van der Waals surface area (Å²) >= 11 is 0. The highest BCUT2D eigenvalue weighted by molar-refractivity contribution is 6.13. The van der Waals surface area contributed by atoms with Crippen molar-refractivity contribution in [1.29, 1.82) is 0 Å². The number of ketones is 1. The Balaban J connectivity index is 1.63. The lowest BCUT2D eigenvalue weighted by Gasteiger charge is -2.26. The average Bonchev–Trinajstić information content (AvgIpc) is 2.95. The average molecular weight is 363 g/mol. The number of piperidine rings is 1.